The minimum atomic E-state index is -0.453. The molecular weight excluding hydrogens is 380 g/mol. The maximum atomic E-state index is 12.9. The Bertz CT molecular complexity index is 784. The molecule has 2 bridgehead atoms. The van der Waals surface area contributed by atoms with Gasteiger partial charge in [0.05, 0.1) is 0 Å². The van der Waals surface area contributed by atoms with E-state index in [2.05, 4.69) is 22.8 Å². The molecule has 4 fully saturated rings. The standard InChI is InChI=1S/C23H32N4O3/c24-19(28)10-11-20(29)27(13-12-17-6-2-1-3-7-17)23-14-22(15-23,16-23)26-21(30)25-18-8-4-5-9-18/h1-3,6-7,18H,4-5,8-16H2,(H2,24,28)(H2,25,26,30). The zero-order valence-electron chi connectivity index (χ0n) is 17.5. The van der Waals surface area contributed by atoms with E-state index in [0.717, 1.165) is 38.5 Å². The van der Waals surface area contributed by atoms with Gasteiger partial charge in [0.15, 0.2) is 0 Å². The summed E-state index contributed by atoms with van der Waals surface area (Å²) >= 11 is 0. The van der Waals surface area contributed by atoms with Crippen LogP contribution in [0.5, 0.6) is 0 Å². The highest BCUT2D eigenvalue weighted by molar-refractivity contribution is 5.84. The van der Waals surface area contributed by atoms with Gasteiger partial charge in [-0.05, 0) is 44.1 Å². The van der Waals surface area contributed by atoms with Gasteiger partial charge < -0.3 is 21.3 Å². The second-order valence-corrected chi connectivity index (χ2v) is 9.36. The maximum absolute atomic E-state index is 12.9. The van der Waals surface area contributed by atoms with Crippen LogP contribution in [0.2, 0.25) is 0 Å². The topological polar surface area (TPSA) is 105 Å². The van der Waals surface area contributed by atoms with Gasteiger partial charge in [-0.2, -0.15) is 0 Å². The summed E-state index contributed by atoms with van der Waals surface area (Å²) in [7, 11) is 0. The first-order chi connectivity index (χ1) is 14.4. The lowest BCUT2D eigenvalue weighted by Crippen LogP contribution is -2.84. The lowest BCUT2D eigenvalue weighted by Gasteiger charge is -2.73. The average molecular weight is 413 g/mol. The summed E-state index contributed by atoms with van der Waals surface area (Å²) in [6.07, 6.45) is 7.84. The molecule has 0 aliphatic heterocycles. The average Bonchev–Trinajstić information content (AvgIpc) is 3.16. The molecular formula is C23H32N4O3. The fourth-order valence-electron chi connectivity index (χ4n) is 5.56. The van der Waals surface area contributed by atoms with Crippen LogP contribution < -0.4 is 16.4 Å². The Morgan fingerprint density at radius 1 is 1.03 bits per heavy atom. The molecule has 0 atom stereocenters. The molecule has 1 aromatic rings. The summed E-state index contributed by atoms with van der Waals surface area (Å²) in [6.45, 7) is 0.617. The zero-order valence-corrected chi connectivity index (χ0v) is 17.5. The molecule has 5 rings (SSSR count). The number of rotatable bonds is 9. The lowest BCUT2D eigenvalue weighted by molar-refractivity contribution is -0.186. The molecule has 0 heterocycles. The molecule has 0 unspecified atom stereocenters. The van der Waals surface area contributed by atoms with E-state index in [0.29, 0.717) is 12.6 Å². The molecule has 4 saturated carbocycles. The van der Waals surface area contributed by atoms with Crippen molar-refractivity contribution in [1.29, 1.82) is 0 Å². The monoisotopic (exact) mass is 412 g/mol. The molecule has 7 heteroatoms. The molecule has 0 spiro atoms. The SMILES string of the molecule is NC(=O)CCC(=O)N(CCc1ccccc1)C12CC(NC(=O)NC3CCCC3)(C1)C2. The predicted molar refractivity (Wildman–Crippen MR) is 114 cm³/mol. The van der Waals surface area contributed by atoms with Crippen LogP contribution in [-0.2, 0) is 16.0 Å². The van der Waals surface area contributed by atoms with Crippen LogP contribution in [0.4, 0.5) is 4.79 Å². The molecule has 4 N–H and O–H groups in total. The smallest absolute Gasteiger partial charge is 0.315 e. The molecule has 162 valence electrons. The number of urea groups is 1. The van der Waals surface area contributed by atoms with Crippen LogP contribution in [0.25, 0.3) is 0 Å². The van der Waals surface area contributed by atoms with Crippen molar-refractivity contribution >= 4 is 17.8 Å². The van der Waals surface area contributed by atoms with Crippen LogP contribution in [-0.4, -0.2) is 46.4 Å². The van der Waals surface area contributed by atoms with Crippen molar-refractivity contribution < 1.29 is 14.4 Å². The Hall–Kier alpha value is -2.57. The summed E-state index contributed by atoms with van der Waals surface area (Å²) in [5.41, 5.74) is 6.06. The zero-order chi connectivity index (χ0) is 21.2. The van der Waals surface area contributed by atoms with Crippen molar-refractivity contribution in [1.82, 2.24) is 15.5 Å². The molecule has 4 aliphatic carbocycles. The molecule has 0 aromatic heterocycles. The number of benzene rings is 1. The van der Waals surface area contributed by atoms with E-state index in [1.54, 1.807) is 0 Å². The second kappa shape index (κ2) is 8.28. The lowest BCUT2D eigenvalue weighted by atomic mass is 9.43. The summed E-state index contributed by atoms with van der Waals surface area (Å²) in [6, 6.07) is 10.3. The van der Waals surface area contributed by atoms with Gasteiger partial charge in [-0.25, -0.2) is 4.79 Å². The molecule has 4 aliphatic rings. The molecule has 0 radical (unpaired) electrons. The number of carbonyl (C=O) groups is 3. The van der Waals surface area contributed by atoms with E-state index in [-0.39, 0.29) is 35.9 Å². The van der Waals surface area contributed by atoms with Gasteiger partial charge in [-0.3, -0.25) is 9.59 Å². The number of hydrogen-bond acceptors (Lipinski definition) is 3. The quantitative estimate of drug-likeness (QED) is 0.579. The van der Waals surface area contributed by atoms with Gasteiger partial charge in [0.25, 0.3) is 0 Å². The summed E-state index contributed by atoms with van der Waals surface area (Å²) < 4.78 is 0. The van der Waals surface area contributed by atoms with Gasteiger partial charge >= 0.3 is 6.03 Å². The van der Waals surface area contributed by atoms with Gasteiger partial charge in [-0.1, -0.05) is 43.2 Å². The van der Waals surface area contributed by atoms with Crippen molar-refractivity contribution in [3.05, 3.63) is 35.9 Å². The van der Waals surface area contributed by atoms with Crippen LogP contribution in [0.15, 0.2) is 30.3 Å². The number of nitrogens with two attached hydrogens (primary N) is 1. The molecule has 4 amide bonds. The number of primary amides is 1. The van der Waals surface area contributed by atoms with E-state index in [1.165, 1.54) is 18.4 Å². The fourth-order valence-corrected chi connectivity index (χ4v) is 5.56. The third kappa shape index (κ3) is 4.30. The van der Waals surface area contributed by atoms with Crippen molar-refractivity contribution in [2.45, 2.75) is 81.3 Å². The normalized spacial score (nSPS) is 26.9. The van der Waals surface area contributed by atoms with Crippen LogP contribution in [0, 0.1) is 0 Å². The number of carbonyl (C=O) groups excluding carboxylic acids is 3. The fraction of sp³-hybridized carbons (Fsp3) is 0.609. The van der Waals surface area contributed by atoms with Gasteiger partial charge in [0.2, 0.25) is 11.8 Å². The Morgan fingerprint density at radius 2 is 1.70 bits per heavy atom. The van der Waals surface area contributed by atoms with Crippen LogP contribution >= 0.6 is 0 Å². The Morgan fingerprint density at radius 3 is 2.33 bits per heavy atom. The Labute approximate surface area is 177 Å². The highest BCUT2D eigenvalue weighted by Gasteiger charge is 2.71. The first kappa shape index (κ1) is 20.7. The number of nitrogens with zero attached hydrogens (tertiary/aromatic N) is 1. The van der Waals surface area contributed by atoms with Crippen LogP contribution in [0.1, 0.15) is 63.4 Å². The number of nitrogens with one attached hydrogen (secondary N) is 2. The largest absolute Gasteiger partial charge is 0.370 e. The molecule has 1 aromatic carbocycles. The molecule has 7 nitrogen and oxygen atoms in total. The second-order valence-electron chi connectivity index (χ2n) is 9.36. The predicted octanol–water partition coefficient (Wildman–Crippen LogP) is 2.24. The van der Waals surface area contributed by atoms with E-state index in [4.69, 9.17) is 5.73 Å². The number of hydrogen-bond donors (Lipinski definition) is 3. The highest BCUT2D eigenvalue weighted by atomic mass is 16.2. The van der Waals surface area contributed by atoms with Crippen molar-refractivity contribution in [3.63, 3.8) is 0 Å². The first-order valence-electron chi connectivity index (χ1n) is 11.1. The van der Waals surface area contributed by atoms with Crippen LogP contribution in [0.3, 0.4) is 0 Å². The van der Waals surface area contributed by atoms with Gasteiger partial charge in [0.1, 0.15) is 0 Å². The van der Waals surface area contributed by atoms with Crippen molar-refractivity contribution in [3.8, 4) is 0 Å². The third-order valence-electron chi connectivity index (χ3n) is 7.00. The molecule has 30 heavy (non-hydrogen) atoms. The van der Waals surface area contributed by atoms with E-state index >= 15 is 0 Å². The highest BCUT2D eigenvalue weighted by Crippen LogP contribution is 2.63. The van der Waals surface area contributed by atoms with E-state index in [9.17, 15) is 14.4 Å². The summed E-state index contributed by atoms with van der Waals surface area (Å²) in [4.78, 5) is 38.4. The van der Waals surface area contributed by atoms with Crippen molar-refractivity contribution in [2.24, 2.45) is 5.73 Å². The first-order valence-corrected chi connectivity index (χ1v) is 11.1. The molecule has 0 saturated heterocycles. The number of amides is 4. The third-order valence-corrected chi connectivity index (χ3v) is 7.00. The minimum absolute atomic E-state index is 0.0200. The summed E-state index contributed by atoms with van der Waals surface area (Å²) in [5, 5.41) is 6.26. The van der Waals surface area contributed by atoms with E-state index in [1.807, 2.05) is 23.1 Å². The summed E-state index contributed by atoms with van der Waals surface area (Å²) in [5.74, 6) is -0.473. The maximum Gasteiger partial charge on any atom is 0.315 e. The minimum Gasteiger partial charge on any atom is -0.370 e. The van der Waals surface area contributed by atoms with E-state index < -0.39 is 5.91 Å². The van der Waals surface area contributed by atoms with Gasteiger partial charge in [0, 0.05) is 36.5 Å². The van der Waals surface area contributed by atoms with Gasteiger partial charge in [-0.15, -0.1) is 0 Å². The Kier molecular flexibility index (Phi) is 5.71. The van der Waals surface area contributed by atoms with Crippen molar-refractivity contribution in [2.75, 3.05) is 6.54 Å². The Balaban J connectivity index is 1.34.